The maximum absolute atomic E-state index is 12.6. The number of anilines is 1. The molecule has 0 saturated carbocycles. The summed E-state index contributed by atoms with van der Waals surface area (Å²) in [5, 5.41) is 3.00. The summed E-state index contributed by atoms with van der Waals surface area (Å²) in [6, 6.07) is 15.1. The van der Waals surface area contributed by atoms with Crippen LogP contribution in [0.15, 0.2) is 53.4 Å². The van der Waals surface area contributed by atoms with E-state index in [4.69, 9.17) is 4.74 Å². The maximum atomic E-state index is 12.6. The summed E-state index contributed by atoms with van der Waals surface area (Å²) >= 11 is 1.66. The number of hydrogen-bond donors (Lipinski definition) is 1. The highest BCUT2D eigenvalue weighted by molar-refractivity contribution is 7.99. The molecule has 0 aromatic heterocycles. The lowest BCUT2D eigenvalue weighted by atomic mass is 10.1. The predicted octanol–water partition coefficient (Wildman–Crippen LogP) is 3.59. The highest BCUT2D eigenvalue weighted by atomic mass is 32.2. The minimum absolute atomic E-state index is 0.0816. The number of nitrogens with zero attached hydrogens (tertiary/aromatic N) is 1. The van der Waals surface area contributed by atoms with Crippen molar-refractivity contribution in [2.45, 2.75) is 18.2 Å². The minimum atomic E-state index is -0.0816. The summed E-state index contributed by atoms with van der Waals surface area (Å²) in [7, 11) is 1.62. The Morgan fingerprint density at radius 2 is 1.96 bits per heavy atom. The zero-order valence-corrected chi connectivity index (χ0v) is 16.4. The SMILES string of the molecule is CCSc1ccccc1C(=O)NCC1CC(=O)N(c2ccc(OC)cc2)C1. The Labute approximate surface area is 164 Å². The van der Waals surface area contributed by atoms with E-state index >= 15 is 0 Å². The molecule has 2 aromatic carbocycles. The Morgan fingerprint density at radius 1 is 1.22 bits per heavy atom. The number of amides is 2. The van der Waals surface area contributed by atoms with Gasteiger partial charge in [-0.05, 0) is 42.2 Å². The average molecular weight is 385 g/mol. The van der Waals surface area contributed by atoms with Crippen LogP contribution < -0.4 is 15.0 Å². The Hall–Kier alpha value is -2.47. The third kappa shape index (κ3) is 4.63. The van der Waals surface area contributed by atoms with Crippen LogP contribution in [0, 0.1) is 5.92 Å². The number of nitrogens with one attached hydrogen (secondary N) is 1. The van der Waals surface area contributed by atoms with Crippen molar-refractivity contribution in [1.82, 2.24) is 5.32 Å². The lowest BCUT2D eigenvalue weighted by molar-refractivity contribution is -0.117. The second kappa shape index (κ2) is 8.95. The number of carbonyl (C=O) groups excluding carboxylic acids is 2. The van der Waals surface area contributed by atoms with Crippen molar-refractivity contribution in [3.63, 3.8) is 0 Å². The fraction of sp³-hybridized carbons (Fsp3) is 0.333. The van der Waals surface area contributed by atoms with Gasteiger partial charge in [-0.3, -0.25) is 9.59 Å². The molecule has 2 amide bonds. The number of hydrogen-bond acceptors (Lipinski definition) is 4. The first-order chi connectivity index (χ1) is 13.1. The van der Waals surface area contributed by atoms with Gasteiger partial charge in [-0.2, -0.15) is 0 Å². The van der Waals surface area contributed by atoms with Crippen LogP contribution in [-0.4, -0.2) is 37.8 Å². The number of benzene rings is 2. The zero-order chi connectivity index (χ0) is 19.2. The van der Waals surface area contributed by atoms with E-state index in [1.54, 1.807) is 23.8 Å². The average Bonchev–Trinajstić information content (AvgIpc) is 3.07. The Bertz CT molecular complexity index is 807. The van der Waals surface area contributed by atoms with Gasteiger partial charge in [-0.25, -0.2) is 0 Å². The first-order valence-electron chi connectivity index (χ1n) is 9.06. The van der Waals surface area contributed by atoms with Gasteiger partial charge in [0.25, 0.3) is 5.91 Å². The molecule has 5 nitrogen and oxygen atoms in total. The van der Waals surface area contributed by atoms with Crippen LogP contribution in [0.3, 0.4) is 0 Å². The van der Waals surface area contributed by atoms with Crippen molar-refractivity contribution in [3.05, 3.63) is 54.1 Å². The van der Waals surface area contributed by atoms with Crippen molar-refractivity contribution in [2.75, 3.05) is 30.9 Å². The molecule has 0 spiro atoms. The highest BCUT2D eigenvalue weighted by Crippen LogP contribution is 2.27. The Kier molecular flexibility index (Phi) is 6.40. The van der Waals surface area contributed by atoms with Gasteiger partial charge in [-0.1, -0.05) is 19.1 Å². The molecule has 1 aliphatic heterocycles. The minimum Gasteiger partial charge on any atom is -0.497 e. The second-order valence-corrected chi connectivity index (χ2v) is 7.72. The van der Waals surface area contributed by atoms with Crippen molar-refractivity contribution < 1.29 is 14.3 Å². The van der Waals surface area contributed by atoms with Crippen LogP contribution in [0.4, 0.5) is 5.69 Å². The first-order valence-corrected chi connectivity index (χ1v) is 10.1. The molecule has 1 atom stereocenters. The number of rotatable bonds is 7. The Morgan fingerprint density at radius 3 is 2.67 bits per heavy atom. The molecule has 2 aromatic rings. The molecule has 1 saturated heterocycles. The summed E-state index contributed by atoms with van der Waals surface area (Å²) in [6.07, 6.45) is 0.442. The van der Waals surface area contributed by atoms with E-state index in [1.807, 2.05) is 48.5 Å². The zero-order valence-electron chi connectivity index (χ0n) is 15.6. The second-order valence-electron chi connectivity index (χ2n) is 6.41. The number of carbonyl (C=O) groups is 2. The van der Waals surface area contributed by atoms with Crippen molar-refractivity contribution in [3.8, 4) is 5.75 Å². The van der Waals surface area contributed by atoms with Gasteiger partial charge in [0.05, 0.1) is 12.7 Å². The van der Waals surface area contributed by atoms with Crippen LogP contribution in [0.2, 0.25) is 0 Å². The van der Waals surface area contributed by atoms with Crippen molar-refractivity contribution >= 4 is 29.3 Å². The van der Waals surface area contributed by atoms with Crippen LogP contribution in [0.25, 0.3) is 0 Å². The summed E-state index contributed by atoms with van der Waals surface area (Å²) < 4.78 is 5.16. The van der Waals surface area contributed by atoms with E-state index in [2.05, 4.69) is 12.2 Å². The van der Waals surface area contributed by atoms with Crippen LogP contribution in [-0.2, 0) is 4.79 Å². The fourth-order valence-electron chi connectivity index (χ4n) is 3.20. The molecule has 3 rings (SSSR count). The van der Waals surface area contributed by atoms with Gasteiger partial charge >= 0.3 is 0 Å². The van der Waals surface area contributed by atoms with Crippen LogP contribution in [0.1, 0.15) is 23.7 Å². The largest absolute Gasteiger partial charge is 0.497 e. The van der Waals surface area contributed by atoms with Gasteiger partial charge in [-0.15, -0.1) is 11.8 Å². The number of methoxy groups -OCH3 is 1. The first kappa shape index (κ1) is 19.3. The third-order valence-electron chi connectivity index (χ3n) is 4.57. The molecule has 1 aliphatic rings. The number of thioether (sulfide) groups is 1. The van der Waals surface area contributed by atoms with Crippen molar-refractivity contribution in [1.29, 1.82) is 0 Å². The van der Waals surface area contributed by atoms with E-state index in [1.165, 1.54) is 0 Å². The van der Waals surface area contributed by atoms with E-state index in [0.717, 1.165) is 22.1 Å². The number of ether oxygens (including phenoxy) is 1. The van der Waals surface area contributed by atoms with Gasteiger partial charge < -0.3 is 15.0 Å². The molecule has 0 aliphatic carbocycles. The van der Waals surface area contributed by atoms with E-state index in [-0.39, 0.29) is 17.7 Å². The molecule has 142 valence electrons. The van der Waals surface area contributed by atoms with Gasteiger partial charge in [0.2, 0.25) is 5.91 Å². The molecule has 27 heavy (non-hydrogen) atoms. The third-order valence-corrected chi connectivity index (χ3v) is 5.53. The molecule has 1 fully saturated rings. The van der Waals surface area contributed by atoms with E-state index in [0.29, 0.717) is 25.1 Å². The Balaban J connectivity index is 1.59. The molecule has 1 heterocycles. The molecule has 1 N–H and O–H groups in total. The lowest BCUT2D eigenvalue weighted by Crippen LogP contribution is -2.31. The quantitative estimate of drug-likeness (QED) is 0.741. The predicted molar refractivity (Wildman–Crippen MR) is 109 cm³/mol. The van der Waals surface area contributed by atoms with Gasteiger partial charge in [0.15, 0.2) is 0 Å². The van der Waals surface area contributed by atoms with Gasteiger partial charge in [0.1, 0.15) is 5.75 Å². The van der Waals surface area contributed by atoms with E-state index < -0.39 is 0 Å². The van der Waals surface area contributed by atoms with Gasteiger partial charge in [0, 0.05) is 36.0 Å². The van der Waals surface area contributed by atoms with Crippen LogP contribution >= 0.6 is 11.8 Å². The smallest absolute Gasteiger partial charge is 0.252 e. The maximum Gasteiger partial charge on any atom is 0.252 e. The molecule has 6 heteroatoms. The summed E-state index contributed by atoms with van der Waals surface area (Å²) in [5.74, 6) is 1.79. The van der Waals surface area contributed by atoms with Crippen LogP contribution in [0.5, 0.6) is 5.75 Å². The molecular formula is C21H24N2O3S. The summed E-state index contributed by atoms with van der Waals surface area (Å²) in [5.41, 5.74) is 1.56. The topological polar surface area (TPSA) is 58.6 Å². The lowest BCUT2D eigenvalue weighted by Gasteiger charge is -2.17. The standard InChI is InChI=1S/C21H24N2O3S/c1-3-27-19-7-5-4-6-18(19)21(25)22-13-15-12-20(24)23(14-15)16-8-10-17(26-2)11-9-16/h4-11,15H,3,12-14H2,1-2H3,(H,22,25). The monoisotopic (exact) mass is 384 g/mol. The fourth-order valence-corrected chi connectivity index (χ4v) is 4.00. The van der Waals surface area contributed by atoms with Crippen molar-refractivity contribution in [2.24, 2.45) is 5.92 Å². The molecular weight excluding hydrogens is 360 g/mol. The molecule has 0 bridgehead atoms. The molecule has 1 unspecified atom stereocenters. The molecule has 0 radical (unpaired) electrons. The summed E-state index contributed by atoms with van der Waals surface area (Å²) in [4.78, 5) is 27.7. The summed E-state index contributed by atoms with van der Waals surface area (Å²) in [6.45, 7) is 3.16. The highest BCUT2D eigenvalue weighted by Gasteiger charge is 2.30. The normalized spacial score (nSPS) is 16.4. The van der Waals surface area contributed by atoms with E-state index in [9.17, 15) is 9.59 Å².